The maximum atomic E-state index is 11.4. The van der Waals surface area contributed by atoms with E-state index < -0.39 is 23.4 Å². The predicted molar refractivity (Wildman–Crippen MR) is 67.0 cm³/mol. The summed E-state index contributed by atoms with van der Waals surface area (Å²) >= 11 is 0. The zero-order chi connectivity index (χ0) is 14.4. The van der Waals surface area contributed by atoms with Gasteiger partial charge in [-0.2, -0.15) is 4.31 Å². The van der Waals surface area contributed by atoms with E-state index in [1.54, 1.807) is 6.07 Å². The number of carbonyl (C=O) groups excluding carboxylic acids is 2. The Hall–Kier alpha value is -1.80. The summed E-state index contributed by atoms with van der Waals surface area (Å²) in [5.74, 6) is -0.889. The number of nitrogens with zero attached hydrogens (tertiary/aromatic N) is 2. The van der Waals surface area contributed by atoms with Crippen LogP contribution in [-0.4, -0.2) is 43.1 Å². The maximum Gasteiger partial charge on any atom is 0.321 e. The van der Waals surface area contributed by atoms with Crippen LogP contribution in [0.5, 0.6) is 0 Å². The first kappa shape index (κ1) is 15.3. The predicted octanol–water partition coefficient (Wildman–Crippen LogP) is -0.214. The van der Waals surface area contributed by atoms with Gasteiger partial charge in [-0.1, -0.05) is 0 Å². The van der Waals surface area contributed by atoms with Gasteiger partial charge in [0, 0.05) is 24.5 Å². The van der Waals surface area contributed by atoms with E-state index >= 15 is 0 Å². The molecule has 0 bridgehead atoms. The number of hydrogen-bond acceptors (Lipinski definition) is 6. The summed E-state index contributed by atoms with van der Waals surface area (Å²) in [5.41, 5.74) is 0.819. The number of methoxy groups -OCH3 is 1. The molecule has 0 saturated heterocycles. The molecule has 0 aliphatic heterocycles. The fraction of sp³-hybridized carbons (Fsp3) is 0.364. The molecule has 1 aromatic heterocycles. The van der Waals surface area contributed by atoms with Crippen LogP contribution in [0, 0.1) is 0 Å². The molecule has 104 valence electrons. The average molecular weight is 286 g/mol. The molecule has 19 heavy (non-hydrogen) atoms. The van der Waals surface area contributed by atoms with Gasteiger partial charge in [0.05, 0.1) is 7.11 Å². The first-order chi connectivity index (χ1) is 8.95. The topological polar surface area (TPSA) is 93.6 Å². The highest BCUT2D eigenvalue weighted by Gasteiger charge is 2.16. The van der Waals surface area contributed by atoms with Gasteiger partial charge in [-0.3, -0.25) is 14.6 Å². The molecule has 8 heteroatoms. The summed E-state index contributed by atoms with van der Waals surface area (Å²) in [6.07, 6.45) is 2.82. The second-order valence-electron chi connectivity index (χ2n) is 3.73. The summed E-state index contributed by atoms with van der Waals surface area (Å²) in [4.78, 5) is 26.3. The summed E-state index contributed by atoms with van der Waals surface area (Å²) in [6.45, 7) is 0.891. The lowest BCUT2D eigenvalue weighted by Crippen LogP contribution is -2.29. The second-order valence-corrected chi connectivity index (χ2v) is 4.77. The van der Waals surface area contributed by atoms with Crippen molar-refractivity contribution in [1.82, 2.24) is 9.29 Å². The first-order valence-corrected chi connectivity index (χ1v) is 6.48. The quantitative estimate of drug-likeness (QED) is 0.441. The largest absolute Gasteiger partial charge is 0.468 e. The molecular weight excluding hydrogens is 272 g/mol. The third-order valence-electron chi connectivity index (χ3n) is 2.41. The number of thiol groups is 1. The van der Waals surface area contributed by atoms with Crippen LogP contribution in [0.3, 0.4) is 0 Å². The Morgan fingerprint density at radius 2 is 2.11 bits per heavy atom. The number of hydrogen-bond donors (Lipinski definition) is 1. The summed E-state index contributed by atoms with van der Waals surface area (Å²) in [6, 6.07) is 1.54. The molecule has 0 N–H and O–H groups in total. The minimum atomic E-state index is -2.96. The number of ether oxygens (including phenoxy) is 1. The summed E-state index contributed by atoms with van der Waals surface area (Å²) < 4.78 is 27.5. The van der Waals surface area contributed by atoms with E-state index in [4.69, 9.17) is 0 Å². The molecule has 1 rings (SSSR count). The van der Waals surface area contributed by atoms with E-state index in [2.05, 4.69) is 9.72 Å². The normalized spacial score (nSPS) is 10.7. The van der Waals surface area contributed by atoms with Crippen LogP contribution in [0.1, 0.15) is 22.8 Å². The van der Waals surface area contributed by atoms with Crippen molar-refractivity contribution in [3.8, 4) is 0 Å². The maximum absolute atomic E-state index is 11.4. The number of aromatic nitrogens is 1. The Bertz CT molecular complexity index is 548. The van der Waals surface area contributed by atoms with E-state index in [1.165, 1.54) is 26.4 Å². The van der Waals surface area contributed by atoms with E-state index in [9.17, 15) is 18.0 Å². The Balaban J connectivity index is 2.97. The minimum absolute atomic E-state index is 0.0781. The van der Waals surface area contributed by atoms with Gasteiger partial charge in [0.15, 0.2) is 5.78 Å². The van der Waals surface area contributed by atoms with Gasteiger partial charge >= 0.3 is 5.97 Å². The fourth-order valence-corrected chi connectivity index (χ4v) is 1.96. The van der Waals surface area contributed by atoms with E-state index in [0.717, 1.165) is 4.31 Å². The van der Waals surface area contributed by atoms with Crippen LogP contribution in [0.25, 0.3) is 0 Å². The SMILES string of the molecule is COC(=O)CN(Cc1ccncc1C(C)=O)[SH](=O)=O. The molecule has 0 atom stereocenters. The molecule has 0 aliphatic rings. The molecule has 0 aromatic carbocycles. The van der Waals surface area contributed by atoms with Crippen molar-refractivity contribution in [2.45, 2.75) is 13.5 Å². The van der Waals surface area contributed by atoms with Crippen molar-refractivity contribution >= 4 is 22.6 Å². The number of pyridine rings is 1. The van der Waals surface area contributed by atoms with Gasteiger partial charge in [-0.15, -0.1) is 0 Å². The van der Waals surface area contributed by atoms with Gasteiger partial charge in [0.25, 0.3) is 0 Å². The Morgan fingerprint density at radius 1 is 1.42 bits per heavy atom. The van der Waals surface area contributed by atoms with Crippen LogP contribution in [0.4, 0.5) is 0 Å². The lowest BCUT2D eigenvalue weighted by Gasteiger charge is -2.15. The highest BCUT2D eigenvalue weighted by Crippen LogP contribution is 2.11. The number of Topliss-reactive ketones (excluding diaryl/α,β-unsaturated/α-hetero) is 1. The number of rotatable bonds is 6. The lowest BCUT2D eigenvalue weighted by atomic mass is 10.1. The Labute approximate surface area is 112 Å². The first-order valence-electron chi connectivity index (χ1n) is 5.35. The lowest BCUT2D eigenvalue weighted by molar-refractivity contribution is -0.140. The molecule has 0 radical (unpaired) electrons. The molecule has 1 heterocycles. The molecule has 0 saturated carbocycles. The number of esters is 1. The zero-order valence-electron chi connectivity index (χ0n) is 10.5. The fourth-order valence-electron chi connectivity index (χ4n) is 1.46. The van der Waals surface area contributed by atoms with Gasteiger partial charge in [-0.25, -0.2) is 8.42 Å². The van der Waals surface area contributed by atoms with Crippen molar-refractivity contribution in [3.63, 3.8) is 0 Å². The van der Waals surface area contributed by atoms with Gasteiger partial charge in [0.1, 0.15) is 6.54 Å². The van der Waals surface area contributed by atoms with Gasteiger partial charge in [-0.05, 0) is 18.6 Å². The van der Waals surface area contributed by atoms with Crippen molar-refractivity contribution < 1.29 is 22.7 Å². The Morgan fingerprint density at radius 3 is 2.63 bits per heavy atom. The van der Waals surface area contributed by atoms with Crippen molar-refractivity contribution in [1.29, 1.82) is 0 Å². The van der Waals surface area contributed by atoms with Crippen LogP contribution in [0.15, 0.2) is 18.5 Å². The van der Waals surface area contributed by atoms with Crippen molar-refractivity contribution in [3.05, 3.63) is 29.6 Å². The monoisotopic (exact) mass is 286 g/mol. The molecule has 0 fully saturated rings. The molecule has 0 spiro atoms. The smallest absolute Gasteiger partial charge is 0.321 e. The van der Waals surface area contributed by atoms with Gasteiger partial charge < -0.3 is 4.74 Å². The third kappa shape index (κ3) is 4.42. The summed E-state index contributed by atoms with van der Waals surface area (Å²) in [7, 11) is -1.78. The standard InChI is InChI=1S/C11H14N2O5S/c1-8(14)10-5-12-4-3-9(10)6-13(19(16)17)7-11(15)18-2/h3-5,19H,6-7H2,1-2H3. The molecule has 0 amide bonds. The molecule has 7 nitrogen and oxygen atoms in total. The van der Waals surface area contributed by atoms with Crippen LogP contribution < -0.4 is 0 Å². The van der Waals surface area contributed by atoms with Crippen LogP contribution in [0.2, 0.25) is 0 Å². The van der Waals surface area contributed by atoms with Crippen LogP contribution in [-0.2, 0) is 27.0 Å². The van der Waals surface area contributed by atoms with E-state index in [-0.39, 0.29) is 12.3 Å². The molecule has 0 unspecified atom stereocenters. The Kier molecular flexibility index (Phi) is 5.58. The third-order valence-corrected chi connectivity index (χ3v) is 3.16. The molecule has 1 aromatic rings. The highest BCUT2D eigenvalue weighted by molar-refractivity contribution is 7.69. The average Bonchev–Trinajstić information content (AvgIpc) is 2.37. The van der Waals surface area contributed by atoms with E-state index in [1.807, 2.05) is 0 Å². The van der Waals surface area contributed by atoms with Crippen LogP contribution >= 0.6 is 0 Å². The zero-order valence-corrected chi connectivity index (χ0v) is 11.4. The summed E-state index contributed by atoms with van der Waals surface area (Å²) in [5, 5.41) is 0. The highest BCUT2D eigenvalue weighted by atomic mass is 32.2. The minimum Gasteiger partial charge on any atom is -0.468 e. The number of carbonyl (C=O) groups is 2. The van der Waals surface area contributed by atoms with Crippen molar-refractivity contribution in [2.75, 3.05) is 13.7 Å². The molecule has 0 aliphatic carbocycles. The van der Waals surface area contributed by atoms with Gasteiger partial charge in [0.2, 0.25) is 10.9 Å². The second kappa shape index (κ2) is 6.95. The molecular formula is C11H14N2O5S. The number of ketones is 1. The van der Waals surface area contributed by atoms with Crippen molar-refractivity contribution in [2.24, 2.45) is 0 Å². The van der Waals surface area contributed by atoms with E-state index in [0.29, 0.717) is 11.1 Å².